The molecule has 0 saturated heterocycles. The molecule has 0 spiro atoms. The Kier molecular flexibility index (Phi) is 3.88. The van der Waals surface area contributed by atoms with E-state index >= 15 is 0 Å². The quantitative estimate of drug-likeness (QED) is 0.869. The van der Waals surface area contributed by atoms with Crippen LogP contribution in [0.3, 0.4) is 0 Å². The van der Waals surface area contributed by atoms with Gasteiger partial charge in [-0.2, -0.15) is 11.8 Å². The maximum atomic E-state index is 4.50. The Morgan fingerprint density at radius 2 is 2.40 bits per heavy atom. The molecule has 0 unspecified atom stereocenters. The first-order chi connectivity index (χ1) is 7.29. The van der Waals surface area contributed by atoms with Crippen LogP contribution in [0.25, 0.3) is 10.2 Å². The van der Waals surface area contributed by atoms with Crippen molar-refractivity contribution in [3.05, 3.63) is 22.7 Å². The van der Waals surface area contributed by atoms with Gasteiger partial charge in [-0.05, 0) is 24.5 Å². The standard InChI is InChI=1S/C10H11BrN2S2/c1-14-5-4-12-10-13-8-3-2-7(11)6-9(8)15-10/h2-3,6H,4-5H2,1H3,(H,12,13). The van der Waals surface area contributed by atoms with Crippen molar-refractivity contribution in [1.29, 1.82) is 0 Å². The van der Waals surface area contributed by atoms with Crippen molar-refractivity contribution >= 4 is 54.4 Å². The lowest BCUT2D eigenvalue weighted by Gasteiger charge is -1.98. The molecule has 1 N–H and O–H groups in total. The Bertz CT molecular complexity index is 456. The fourth-order valence-electron chi connectivity index (χ4n) is 1.23. The highest BCUT2D eigenvalue weighted by molar-refractivity contribution is 9.10. The molecule has 0 aliphatic carbocycles. The first-order valence-electron chi connectivity index (χ1n) is 4.58. The SMILES string of the molecule is CSCCNc1nc2ccc(Br)cc2s1. The number of fused-ring (bicyclic) bond motifs is 1. The number of thiazole rings is 1. The van der Waals surface area contributed by atoms with Crippen molar-refractivity contribution in [2.45, 2.75) is 0 Å². The van der Waals surface area contributed by atoms with Crippen molar-refractivity contribution in [3.63, 3.8) is 0 Å². The molecule has 1 heterocycles. The van der Waals surface area contributed by atoms with Crippen LogP contribution in [0.2, 0.25) is 0 Å². The minimum atomic E-state index is 0.974. The summed E-state index contributed by atoms with van der Waals surface area (Å²) in [5.74, 6) is 1.11. The number of hydrogen-bond acceptors (Lipinski definition) is 4. The van der Waals surface area contributed by atoms with Crippen molar-refractivity contribution < 1.29 is 0 Å². The van der Waals surface area contributed by atoms with Gasteiger partial charge in [-0.3, -0.25) is 0 Å². The molecule has 1 aromatic carbocycles. The molecule has 2 nitrogen and oxygen atoms in total. The van der Waals surface area contributed by atoms with Gasteiger partial charge in [-0.15, -0.1) is 0 Å². The average molecular weight is 303 g/mol. The normalized spacial score (nSPS) is 10.8. The number of anilines is 1. The third kappa shape index (κ3) is 2.86. The Morgan fingerprint density at radius 3 is 3.20 bits per heavy atom. The van der Waals surface area contributed by atoms with Gasteiger partial charge < -0.3 is 5.32 Å². The second kappa shape index (κ2) is 5.18. The summed E-state index contributed by atoms with van der Waals surface area (Å²) in [6.45, 7) is 0.974. The van der Waals surface area contributed by atoms with Gasteiger partial charge in [0.05, 0.1) is 10.2 Å². The molecule has 80 valence electrons. The molecule has 2 aromatic rings. The van der Waals surface area contributed by atoms with Crippen LogP contribution < -0.4 is 5.32 Å². The predicted molar refractivity (Wildman–Crippen MR) is 74.2 cm³/mol. The van der Waals surface area contributed by atoms with Crippen molar-refractivity contribution in [1.82, 2.24) is 4.98 Å². The van der Waals surface area contributed by atoms with Crippen LogP contribution >= 0.6 is 39.0 Å². The van der Waals surface area contributed by atoms with E-state index in [1.54, 1.807) is 11.3 Å². The van der Waals surface area contributed by atoms with Crippen LogP contribution in [0.15, 0.2) is 22.7 Å². The zero-order chi connectivity index (χ0) is 10.7. The predicted octanol–water partition coefficient (Wildman–Crippen LogP) is 3.83. The molecule has 0 atom stereocenters. The average Bonchev–Trinajstić information content (AvgIpc) is 2.60. The van der Waals surface area contributed by atoms with E-state index in [2.05, 4.69) is 38.6 Å². The third-order valence-electron chi connectivity index (χ3n) is 1.93. The number of nitrogens with zero attached hydrogens (tertiary/aromatic N) is 1. The lowest BCUT2D eigenvalue weighted by molar-refractivity contribution is 1.21. The molecule has 0 bridgehead atoms. The highest BCUT2D eigenvalue weighted by atomic mass is 79.9. The van der Waals surface area contributed by atoms with E-state index in [4.69, 9.17) is 0 Å². The van der Waals surface area contributed by atoms with Gasteiger partial charge in [-0.25, -0.2) is 4.98 Å². The van der Waals surface area contributed by atoms with Gasteiger partial charge >= 0.3 is 0 Å². The second-order valence-corrected chi connectivity index (χ2v) is 5.98. The van der Waals surface area contributed by atoms with E-state index < -0.39 is 0 Å². The van der Waals surface area contributed by atoms with Gasteiger partial charge in [0.1, 0.15) is 0 Å². The van der Waals surface area contributed by atoms with Gasteiger partial charge in [0.15, 0.2) is 5.13 Å². The number of halogens is 1. The zero-order valence-corrected chi connectivity index (χ0v) is 11.5. The van der Waals surface area contributed by atoms with Gasteiger partial charge in [-0.1, -0.05) is 27.3 Å². The molecule has 1 aromatic heterocycles. The lowest BCUT2D eigenvalue weighted by Crippen LogP contribution is -2.02. The molecule has 0 aliphatic rings. The van der Waals surface area contributed by atoms with Crippen LogP contribution in [-0.4, -0.2) is 23.5 Å². The smallest absolute Gasteiger partial charge is 0.183 e. The van der Waals surface area contributed by atoms with Crippen molar-refractivity contribution in [2.75, 3.05) is 23.9 Å². The van der Waals surface area contributed by atoms with Crippen LogP contribution in [-0.2, 0) is 0 Å². The first-order valence-corrected chi connectivity index (χ1v) is 7.59. The Balaban J connectivity index is 2.16. The molecular formula is C10H11BrN2S2. The highest BCUT2D eigenvalue weighted by Gasteiger charge is 2.02. The van der Waals surface area contributed by atoms with Gasteiger partial charge in [0, 0.05) is 16.8 Å². The number of thioether (sulfide) groups is 1. The fraction of sp³-hybridized carbons (Fsp3) is 0.300. The molecule has 0 radical (unpaired) electrons. The molecular weight excluding hydrogens is 292 g/mol. The largest absolute Gasteiger partial charge is 0.361 e. The summed E-state index contributed by atoms with van der Waals surface area (Å²) in [6.07, 6.45) is 2.11. The molecule has 2 rings (SSSR count). The number of hydrogen-bond donors (Lipinski definition) is 1. The van der Waals surface area contributed by atoms with E-state index in [9.17, 15) is 0 Å². The minimum absolute atomic E-state index is 0.974. The topological polar surface area (TPSA) is 24.9 Å². The molecule has 5 heteroatoms. The maximum Gasteiger partial charge on any atom is 0.183 e. The van der Waals surface area contributed by atoms with Crippen LogP contribution in [0.5, 0.6) is 0 Å². The van der Waals surface area contributed by atoms with Gasteiger partial charge in [0.2, 0.25) is 0 Å². The Labute approximate surface area is 106 Å². The molecule has 0 fully saturated rings. The van der Waals surface area contributed by atoms with E-state index in [0.29, 0.717) is 0 Å². The minimum Gasteiger partial charge on any atom is -0.361 e. The number of aromatic nitrogens is 1. The van der Waals surface area contributed by atoms with Crippen LogP contribution in [0, 0.1) is 0 Å². The Morgan fingerprint density at radius 1 is 1.53 bits per heavy atom. The van der Waals surface area contributed by atoms with Crippen molar-refractivity contribution in [2.24, 2.45) is 0 Å². The lowest BCUT2D eigenvalue weighted by atomic mass is 10.3. The summed E-state index contributed by atoms with van der Waals surface area (Å²) in [6, 6.07) is 6.16. The summed E-state index contributed by atoms with van der Waals surface area (Å²) in [5, 5.41) is 4.34. The second-order valence-electron chi connectivity index (χ2n) is 3.05. The van der Waals surface area contributed by atoms with E-state index in [0.717, 1.165) is 27.4 Å². The van der Waals surface area contributed by atoms with Crippen molar-refractivity contribution in [3.8, 4) is 0 Å². The summed E-state index contributed by atoms with van der Waals surface area (Å²) in [4.78, 5) is 4.50. The monoisotopic (exact) mass is 302 g/mol. The van der Waals surface area contributed by atoms with Crippen LogP contribution in [0.1, 0.15) is 0 Å². The third-order valence-corrected chi connectivity index (χ3v) is 4.01. The summed E-state index contributed by atoms with van der Waals surface area (Å²) in [7, 11) is 0. The van der Waals surface area contributed by atoms with Crippen LogP contribution in [0.4, 0.5) is 5.13 Å². The maximum absolute atomic E-state index is 4.50. The van der Waals surface area contributed by atoms with Gasteiger partial charge in [0.25, 0.3) is 0 Å². The van der Waals surface area contributed by atoms with E-state index in [-0.39, 0.29) is 0 Å². The van der Waals surface area contributed by atoms with E-state index in [1.807, 2.05) is 23.9 Å². The Hall–Kier alpha value is -0.260. The molecule has 0 saturated carbocycles. The zero-order valence-electron chi connectivity index (χ0n) is 8.29. The summed E-state index contributed by atoms with van der Waals surface area (Å²) in [5.41, 5.74) is 1.06. The summed E-state index contributed by atoms with van der Waals surface area (Å²) >= 11 is 7.00. The molecule has 0 aliphatic heterocycles. The first kappa shape index (κ1) is 11.2. The number of benzene rings is 1. The molecule has 0 amide bonds. The molecule has 15 heavy (non-hydrogen) atoms. The number of rotatable bonds is 4. The summed E-state index contributed by atoms with van der Waals surface area (Å²) < 4.78 is 2.32. The van der Waals surface area contributed by atoms with E-state index in [1.165, 1.54) is 4.70 Å². The highest BCUT2D eigenvalue weighted by Crippen LogP contribution is 2.28. The fourth-order valence-corrected chi connectivity index (χ4v) is 2.98. The number of nitrogens with one attached hydrogen (secondary N) is 1.